The number of aliphatic hydroxyl groups excluding tert-OH is 2. The molecule has 1 fully saturated rings. The molecule has 7 heteroatoms. The summed E-state index contributed by atoms with van der Waals surface area (Å²) in [7, 11) is 0. The van der Waals surface area contributed by atoms with Crippen molar-refractivity contribution in [3.05, 3.63) is 17.8 Å². The molecule has 0 aliphatic carbocycles. The zero-order chi connectivity index (χ0) is 11.3. The van der Waals surface area contributed by atoms with Gasteiger partial charge in [-0.2, -0.15) is 4.98 Å². The van der Waals surface area contributed by atoms with Crippen molar-refractivity contribution in [2.75, 3.05) is 6.61 Å². The average molecular weight is 225 g/mol. The monoisotopic (exact) mass is 225 g/mol. The highest BCUT2D eigenvalue weighted by molar-refractivity contribution is 5.05. The molecule has 0 radical (unpaired) electrons. The van der Waals surface area contributed by atoms with Crippen LogP contribution in [0.5, 0.6) is 6.01 Å². The summed E-state index contributed by atoms with van der Waals surface area (Å²) in [5.74, 6) is -0.314. The smallest absolute Gasteiger partial charge is 0.300 e. The molecule has 1 aromatic heterocycles. The van der Waals surface area contributed by atoms with Crippen molar-refractivity contribution in [3.63, 3.8) is 0 Å². The number of fused-ring (bicyclic) bond motifs is 3. The van der Waals surface area contributed by atoms with Gasteiger partial charge in [0, 0.05) is 6.20 Å². The lowest BCUT2D eigenvalue weighted by atomic mass is 10.0. The SMILES string of the molecule is N=c1ccn2c(n1)OC[C@H]1[C@H](O)[C@H](O)O[C@H]12. The Kier molecular flexibility index (Phi) is 2.00. The summed E-state index contributed by atoms with van der Waals surface area (Å²) < 4.78 is 12.1. The van der Waals surface area contributed by atoms with Gasteiger partial charge in [0.05, 0.1) is 5.92 Å². The molecular weight excluding hydrogens is 214 g/mol. The third kappa shape index (κ3) is 1.26. The minimum absolute atomic E-state index is 0.101. The van der Waals surface area contributed by atoms with E-state index in [1.807, 2.05) is 0 Å². The maximum atomic E-state index is 9.65. The van der Waals surface area contributed by atoms with Crippen molar-refractivity contribution in [1.82, 2.24) is 9.55 Å². The fraction of sp³-hybridized carbons (Fsp3) is 0.556. The van der Waals surface area contributed by atoms with Crippen LogP contribution in [0.25, 0.3) is 0 Å². The first-order chi connectivity index (χ1) is 7.66. The summed E-state index contributed by atoms with van der Waals surface area (Å²) in [4.78, 5) is 3.89. The second kappa shape index (κ2) is 3.27. The predicted octanol–water partition coefficient (Wildman–Crippen LogP) is -1.42. The summed E-state index contributed by atoms with van der Waals surface area (Å²) in [6, 6.07) is 1.77. The van der Waals surface area contributed by atoms with Crippen LogP contribution in [0, 0.1) is 11.3 Å². The van der Waals surface area contributed by atoms with Crippen molar-refractivity contribution >= 4 is 0 Å². The van der Waals surface area contributed by atoms with Gasteiger partial charge in [-0.1, -0.05) is 0 Å². The standard InChI is InChI=1S/C9H11N3O4/c10-5-1-2-12-7-4(3-15-9(12)11-5)6(13)8(14)16-7/h1-2,4,6-8,10,13-14H,3H2/t4-,6-,7+,8+/m0/s1. The van der Waals surface area contributed by atoms with Crippen LogP contribution in [0.1, 0.15) is 6.23 Å². The molecule has 7 nitrogen and oxygen atoms in total. The topological polar surface area (TPSA) is 101 Å². The number of hydrogen-bond acceptors (Lipinski definition) is 6. The summed E-state index contributed by atoms with van der Waals surface area (Å²) in [5.41, 5.74) is 0.101. The van der Waals surface area contributed by atoms with Crippen LogP contribution >= 0.6 is 0 Å². The molecule has 0 spiro atoms. The Labute approximate surface area is 90.4 Å². The highest BCUT2D eigenvalue weighted by Gasteiger charge is 2.47. The summed E-state index contributed by atoms with van der Waals surface area (Å²) in [5, 5.41) is 26.4. The number of nitrogens with one attached hydrogen (secondary N) is 1. The van der Waals surface area contributed by atoms with Gasteiger partial charge in [-0.15, -0.1) is 0 Å². The van der Waals surface area contributed by atoms with Crippen LogP contribution in [0.3, 0.4) is 0 Å². The Hall–Kier alpha value is -1.44. The van der Waals surface area contributed by atoms with Crippen molar-refractivity contribution < 1.29 is 19.7 Å². The predicted molar refractivity (Wildman–Crippen MR) is 49.2 cm³/mol. The van der Waals surface area contributed by atoms with Crippen LogP contribution in [0.2, 0.25) is 0 Å². The lowest BCUT2D eigenvalue weighted by Gasteiger charge is -2.28. The van der Waals surface area contributed by atoms with Gasteiger partial charge in [-0.25, -0.2) is 0 Å². The van der Waals surface area contributed by atoms with Gasteiger partial charge in [0.15, 0.2) is 11.8 Å². The maximum absolute atomic E-state index is 9.65. The van der Waals surface area contributed by atoms with Gasteiger partial charge in [0.1, 0.15) is 18.9 Å². The lowest BCUT2D eigenvalue weighted by Crippen LogP contribution is -2.36. The minimum Gasteiger partial charge on any atom is -0.464 e. The number of hydrogen-bond donors (Lipinski definition) is 3. The van der Waals surface area contributed by atoms with E-state index in [0.29, 0.717) is 0 Å². The molecule has 16 heavy (non-hydrogen) atoms. The second-order valence-corrected chi connectivity index (χ2v) is 3.89. The molecule has 1 saturated heterocycles. The van der Waals surface area contributed by atoms with E-state index in [1.165, 1.54) is 6.07 Å². The Balaban J connectivity index is 2.04. The molecular formula is C9H11N3O4. The molecule has 86 valence electrons. The molecule has 3 rings (SSSR count). The molecule has 1 aromatic rings. The molecule has 3 N–H and O–H groups in total. The van der Waals surface area contributed by atoms with Gasteiger partial charge >= 0.3 is 0 Å². The van der Waals surface area contributed by atoms with Gasteiger partial charge < -0.3 is 19.7 Å². The first-order valence-corrected chi connectivity index (χ1v) is 4.95. The second-order valence-electron chi connectivity index (χ2n) is 3.89. The molecule has 0 saturated carbocycles. The zero-order valence-corrected chi connectivity index (χ0v) is 8.28. The Morgan fingerprint density at radius 3 is 3.12 bits per heavy atom. The summed E-state index contributed by atoms with van der Waals surface area (Å²) in [6.07, 6.45) is -1.04. The Morgan fingerprint density at radius 1 is 1.50 bits per heavy atom. The fourth-order valence-electron chi connectivity index (χ4n) is 2.04. The molecule has 2 aliphatic rings. The van der Waals surface area contributed by atoms with Gasteiger partial charge in [-0.05, 0) is 6.07 Å². The van der Waals surface area contributed by atoms with Crippen molar-refractivity contribution in [3.8, 4) is 6.01 Å². The number of aliphatic hydroxyl groups is 2. The normalized spacial score (nSPS) is 36.4. The van der Waals surface area contributed by atoms with Gasteiger partial charge in [-0.3, -0.25) is 9.98 Å². The van der Waals surface area contributed by atoms with Crippen molar-refractivity contribution in [2.24, 2.45) is 5.92 Å². The molecule has 0 bridgehead atoms. The third-order valence-electron chi connectivity index (χ3n) is 2.88. The van der Waals surface area contributed by atoms with Crippen LogP contribution in [-0.2, 0) is 4.74 Å². The van der Waals surface area contributed by atoms with Crippen LogP contribution in [-0.4, -0.2) is 38.8 Å². The van der Waals surface area contributed by atoms with Crippen LogP contribution in [0.4, 0.5) is 0 Å². The first-order valence-electron chi connectivity index (χ1n) is 4.95. The van der Waals surface area contributed by atoms with E-state index in [0.717, 1.165) is 0 Å². The highest BCUT2D eigenvalue weighted by Crippen LogP contribution is 2.38. The van der Waals surface area contributed by atoms with Crippen LogP contribution in [0.15, 0.2) is 12.3 Å². The van der Waals surface area contributed by atoms with Crippen LogP contribution < -0.4 is 10.2 Å². The summed E-state index contributed by atoms with van der Waals surface area (Å²) in [6.45, 7) is 0.222. The summed E-state index contributed by atoms with van der Waals surface area (Å²) >= 11 is 0. The van der Waals surface area contributed by atoms with Crippen molar-refractivity contribution in [1.29, 1.82) is 5.41 Å². The number of ether oxygens (including phenoxy) is 2. The molecule has 2 aliphatic heterocycles. The van der Waals surface area contributed by atoms with Crippen molar-refractivity contribution in [2.45, 2.75) is 18.6 Å². The Bertz CT molecular complexity index is 474. The van der Waals surface area contributed by atoms with E-state index in [-0.39, 0.29) is 24.0 Å². The Morgan fingerprint density at radius 2 is 2.31 bits per heavy atom. The molecule has 3 heterocycles. The van der Waals surface area contributed by atoms with E-state index < -0.39 is 18.6 Å². The van der Waals surface area contributed by atoms with E-state index in [9.17, 15) is 10.2 Å². The highest BCUT2D eigenvalue weighted by atomic mass is 16.6. The molecule has 0 amide bonds. The molecule has 0 unspecified atom stereocenters. The average Bonchev–Trinajstić information content (AvgIpc) is 2.55. The largest absolute Gasteiger partial charge is 0.464 e. The lowest BCUT2D eigenvalue weighted by molar-refractivity contribution is -0.143. The van der Waals surface area contributed by atoms with Gasteiger partial charge in [0.25, 0.3) is 6.01 Å². The third-order valence-corrected chi connectivity index (χ3v) is 2.88. The van der Waals surface area contributed by atoms with E-state index >= 15 is 0 Å². The maximum Gasteiger partial charge on any atom is 0.300 e. The minimum atomic E-state index is -1.20. The van der Waals surface area contributed by atoms with E-state index in [4.69, 9.17) is 14.9 Å². The van der Waals surface area contributed by atoms with E-state index in [1.54, 1.807) is 10.8 Å². The number of rotatable bonds is 0. The first kappa shape index (κ1) is 9.76. The molecule has 0 aromatic carbocycles. The quantitative estimate of drug-likeness (QED) is 0.503. The van der Waals surface area contributed by atoms with Gasteiger partial charge in [0.2, 0.25) is 0 Å². The van der Waals surface area contributed by atoms with E-state index in [2.05, 4.69) is 4.98 Å². The number of nitrogens with zero attached hydrogens (tertiary/aromatic N) is 2. The fourth-order valence-corrected chi connectivity index (χ4v) is 2.04. The molecule has 4 atom stereocenters. The zero-order valence-electron chi connectivity index (χ0n) is 8.28. The number of aromatic nitrogens is 2.